The Balaban J connectivity index is 2.51. The van der Waals surface area contributed by atoms with Crippen LogP contribution >= 0.6 is 0 Å². The van der Waals surface area contributed by atoms with Gasteiger partial charge in [0.25, 0.3) is 10.0 Å². The summed E-state index contributed by atoms with van der Waals surface area (Å²) in [6, 6.07) is 6.60. The first-order valence-electron chi connectivity index (χ1n) is 5.75. The lowest BCUT2D eigenvalue weighted by Gasteiger charge is -2.21. The molecule has 0 amide bonds. The van der Waals surface area contributed by atoms with Crippen LogP contribution in [-0.2, 0) is 17.1 Å². The van der Waals surface area contributed by atoms with E-state index in [0.717, 1.165) is 4.31 Å². The maximum Gasteiger partial charge on any atom is 0.267 e. The van der Waals surface area contributed by atoms with Crippen LogP contribution < -0.4 is 10.0 Å². The van der Waals surface area contributed by atoms with E-state index < -0.39 is 10.0 Å². The van der Waals surface area contributed by atoms with Gasteiger partial charge >= 0.3 is 0 Å². The molecular formula is C12H15N5O2S. The number of sulfonamides is 1. The van der Waals surface area contributed by atoms with Crippen molar-refractivity contribution >= 4 is 21.5 Å². The minimum absolute atomic E-state index is 0.0841. The van der Waals surface area contributed by atoms with Crippen molar-refractivity contribution in [1.82, 2.24) is 9.78 Å². The monoisotopic (exact) mass is 293 g/mol. The van der Waals surface area contributed by atoms with E-state index >= 15 is 0 Å². The fourth-order valence-electron chi connectivity index (χ4n) is 1.80. The Morgan fingerprint density at radius 2 is 2.05 bits per heavy atom. The highest BCUT2D eigenvalue weighted by Gasteiger charge is 2.24. The molecule has 0 atom stereocenters. The Morgan fingerprint density at radius 3 is 2.60 bits per heavy atom. The van der Waals surface area contributed by atoms with Crippen molar-refractivity contribution in [3.63, 3.8) is 0 Å². The molecule has 0 saturated heterocycles. The lowest BCUT2D eigenvalue weighted by atomic mass is 10.1. The molecular weight excluding hydrogens is 278 g/mol. The second kappa shape index (κ2) is 4.97. The largest absolute Gasteiger partial charge is 0.384 e. The van der Waals surface area contributed by atoms with E-state index in [0.29, 0.717) is 11.3 Å². The minimum Gasteiger partial charge on any atom is -0.384 e. The average molecular weight is 293 g/mol. The van der Waals surface area contributed by atoms with E-state index in [2.05, 4.69) is 5.10 Å². The summed E-state index contributed by atoms with van der Waals surface area (Å²) >= 11 is 0. The van der Waals surface area contributed by atoms with Crippen LogP contribution in [0.4, 0.5) is 5.69 Å². The molecule has 0 aliphatic rings. The number of nitrogens with two attached hydrogens (primary N) is 1. The second-order valence-electron chi connectivity index (χ2n) is 4.25. The smallest absolute Gasteiger partial charge is 0.267 e. The number of anilines is 1. The summed E-state index contributed by atoms with van der Waals surface area (Å²) in [7, 11) is -0.667. The molecule has 106 valence electrons. The van der Waals surface area contributed by atoms with Gasteiger partial charge in [-0.3, -0.25) is 14.4 Å². The van der Waals surface area contributed by atoms with Gasteiger partial charge in [0.1, 0.15) is 10.7 Å². The molecule has 7 nitrogen and oxygen atoms in total. The highest BCUT2D eigenvalue weighted by molar-refractivity contribution is 7.92. The summed E-state index contributed by atoms with van der Waals surface area (Å²) in [5.74, 6) is -0.186. The van der Waals surface area contributed by atoms with Crippen LogP contribution in [0.3, 0.4) is 0 Å². The molecule has 0 aliphatic heterocycles. The fourth-order valence-corrected chi connectivity index (χ4v) is 3.00. The number of amidine groups is 1. The number of hydrogen-bond donors (Lipinski definition) is 2. The van der Waals surface area contributed by atoms with Crippen molar-refractivity contribution in [2.45, 2.75) is 4.90 Å². The summed E-state index contributed by atoms with van der Waals surface area (Å²) in [5, 5.41) is 11.4. The van der Waals surface area contributed by atoms with E-state index in [4.69, 9.17) is 11.1 Å². The topological polar surface area (TPSA) is 105 Å². The van der Waals surface area contributed by atoms with Gasteiger partial charge in [0.15, 0.2) is 0 Å². The standard InChI is InChI=1S/C12H15N5O2S/c1-16-8-9(7-15-16)20(18,19)17(2)11-6-4-3-5-10(11)12(13)14/h3-8H,1-2H3,(H3,13,14). The van der Waals surface area contributed by atoms with Gasteiger partial charge in [-0.2, -0.15) is 5.10 Å². The van der Waals surface area contributed by atoms with Crippen LogP contribution in [0.15, 0.2) is 41.6 Å². The average Bonchev–Trinajstić information content (AvgIpc) is 2.85. The van der Waals surface area contributed by atoms with Crippen molar-refractivity contribution < 1.29 is 8.42 Å². The molecule has 1 heterocycles. The molecule has 1 aromatic carbocycles. The van der Waals surface area contributed by atoms with Crippen LogP contribution in [0, 0.1) is 5.41 Å². The van der Waals surface area contributed by atoms with Gasteiger partial charge < -0.3 is 5.73 Å². The van der Waals surface area contributed by atoms with E-state index in [-0.39, 0.29) is 10.7 Å². The lowest BCUT2D eigenvalue weighted by molar-refractivity contribution is 0.594. The number of nitrogens with zero attached hydrogens (tertiary/aromatic N) is 3. The quantitative estimate of drug-likeness (QED) is 0.633. The van der Waals surface area contributed by atoms with E-state index in [1.54, 1.807) is 31.3 Å². The van der Waals surface area contributed by atoms with Crippen LogP contribution in [0.2, 0.25) is 0 Å². The zero-order valence-electron chi connectivity index (χ0n) is 11.1. The summed E-state index contributed by atoms with van der Waals surface area (Å²) in [4.78, 5) is 0.0841. The van der Waals surface area contributed by atoms with Crippen LogP contribution in [-0.4, -0.2) is 31.1 Å². The number of nitrogens with one attached hydrogen (secondary N) is 1. The summed E-state index contributed by atoms with van der Waals surface area (Å²) < 4.78 is 27.5. The van der Waals surface area contributed by atoms with Gasteiger partial charge in [0.2, 0.25) is 0 Å². The van der Waals surface area contributed by atoms with Crippen LogP contribution in [0.5, 0.6) is 0 Å². The third-order valence-electron chi connectivity index (χ3n) is 2.87. The van der Waals surface area contributed by atoms with Crippen molar-refractivity contribution in [2.75, 3.05) is 11.4 Å². The SMILES string of the molecule is CN(c1ccccc1C(=N)N)S(=O)(=O)c1cnn(C)c1. The number of aromatic nitrogens is 2. The van der Waals surface area contributed by atoms with Crippen molar-refractivity contribution in [1.29, 1.82) is 5.41 Å². The van der Waals surface area contributed by atoms with Gasteiger partial charge in [0.05, 0.1) is 11.9 Å². The molecule has 1 aromatic heterocycles. The van der Waals surface area contributed by atoms with E-state index in [9.17, 15) is 8.42 Å². The Labute approximate surface area is 117 Å². The molecule has 2 aromatic rings. The highest BCUT2D eigenvalue weighted by Crippen LogP contribution is 2.24. The van der Waals surface area contributed by atoms with Crippen LogP contribution in [0.1, 0.15) is 5.56 Å². The van der Waals surface area contributed by atoms with Gasteiger partial charge in [-0.15, -0.1) is 0 Å². The third kappa shape index (κ3) is 2.37. The number of hydrogen-bond acceptors (Lipinski definition) is 4. The molecule has 0 fully saturated rings. The lowest BCUT2D eigenvalue weighted by Crippen LogP contribution is -2.28. The molecule has 20 heavy (non-hydrogen) atoms. The zero-order valence-corrected chi connectivity index (χ0v) is 11.9. The second-order valence-corrected chi connectivity index (χ2v) is 6.22. The van der Waals surface area contributed by atoms with E-state index in [1.807, 2.05) is 0 Å². The minimum atomic E-state index is -3.73. The van der Waals surface area contributed by atoms with Gasteiger partial charge in [-0.1, -0.05) is 12.1 Å². The van der Waals surface area contributed by atoms with Crippen molar-refractivity contribution in [3.8, 4) is 0 Å². The first-order valence-corrected chi connectivity index (χ1v) is 7.19. The normalized spacial score (nSPS) is 11.3. The van der Waals surface area contributed by atoms with Crippen molar-refractivity contribution in [2.24, 2.45) is 12.8 Å². The van der Waals surface area contributed by atoms with Gasteiger partial charge in [-0.05, 0) is 12.1 Å². The predicted octanol–water partition coefficient (Wildman–Crippen LogP) is 0.529. The molecule has 0 saturated carbocycles. The summed E-state index contributed by atoms with van der Waals surface area (Å²) in [5.41, 5.74) is 6.20. The predicted molar refractivity (Wildman–Crippen MR) is 76.3 cm³/mol. The molecule has 0 spiro atoms. The summed E-state index contributed by atoms with van der Waals surface area (Å²) in [6.07, 6.45) is 2.70. The molecule has 2 rings (SSSR count). The van der Waals surface area contributed by atoms with Gasteiger partial charge in [-0.25, -0.2) is 8.42 Å². The van der Waals surface area contributed by atoms with Crippen molar-refractivity contribution in [3.05, 3.63) is 42.2 Å². The first-order chi connectivity index (χ1) is 9.34. The maximum absolute atomic E-state index is 12.5. The van der Waals surface area contributed by atoms with Gasteiger partial charge in [0, 0.05) is 25.9 Å². The Kier molecular flexibility index (Phi) is 3.49. The first kappa shape index (κ1) is 14.1. The number of aryl methyl sites for hydroxylation is 1. The fraction of sp³-hybridized carbons (Fsp3) is 0.167. The molecule has 0 bridgehead atoms. The Hall–Kier alpha value is -2.35. The Bertz CT molecular complexity index is 751. The number of nitrogen functional groups attached to an aromatic ring is 1. The summed E-state index contributed by atoms with van der Waals surface area (Å²) in [6.45, 7) is 0. The maximum atomic E-state index is 12.5. The molecule has 0 radical (unpaired) electrons. The third-order valence-corrected chi connectivity index (χ3v) is 4.60. The molecule has 0 aliphatic carbocycles. The van der Waals surface area contributed by atoms with Crippen LogP contribution in [0.25, 0.3) is 0 Å². The number of para-hydroxylation sites is 1. The number of benzene rings is 1. The number of rotatable bonds is 4. The highest BCUT2D eigenvalue weighted by atomic mass is 32.2. The Morgan fingerprint density at radius 1 is 1.40 bits per heavy atom. The molecule has 8 heteroatoms. The van der Waals surface area contributed by atoms with E-state index in [1.165, 1.54) is 24.1 Å². The zero-order chi connectivity index (χ0) is 14.9. The molecule has 3 N–H and O–H groups in total. The molecule has 0 unspecified atom stereocenters.